The Bertz CT molecular complexity index is 617. The fourth-order valence-electron chi connectivity index (χ4n) is 5.26. The molecular weight excluding hydrogens is 328 g/mol. The molecule has 2 fully saturated rings. The summed E-state index contributed by atoms with van der Waals surface area (Å²) < 4.78 is 5.51. The highest BCUT2D eigenvalue weighted by Crippen LogP contribution is 2.57. The molecule has 0 aliphatic heterocycles. The van der Waals surface area contributed by atoms with Crippen molar-refractivity contribution in [3.63, 3.8) is 0 Å². The number of phenolic OH excluding ortho intramolecular Hbond substituents is 1. The number of ether oxygens (including phenoxy) is 1. The number of methoxy groups -OCH3 is 1. The summed E-state index contributed by atoms with van der Waals surface area (Å²) in [5.74, 6) is -1.22. The lowest BCUT2D eigenvalue weighted by atomic mass is 9.55. The van der Waals surface area contributed by atoms with Crippen molar-refractivity contribution in [2.24, 2.45) is 23.7 Å². The van der Waals surface area contributed by atoms with E-state index in [4.69, 9.17) is 16.3 Å². The molecule has 1 aromatic rings. The Hall–Kier alpha value is -0.810. The SMILES string of the molecule is COC(O)(c1cccc(O)c1Cl)C1(O)C(C)CC2CC(C)CC1C2. The minimum Gasteiger partial charge on any atom is -0.506 e. The molecule has 24 heavy (non-hydrogen) atoms. The first-order valence-electron chi connectivity index (χ1n) is 8.71. The van der Waals surface area contributed by atoms with E-state index in [-0.39, 0.29) is 28.2 Å². The molecule has 6 unspecified atom stereocenters. The third kappa shape index (κ3) is 2.47. The van der Waals surface area contributed by atoms with Gasteiger partial charge in [-0.05, 0) is 55.4 Å². The van der Waals surface area contributed by atoms with Crippen LogP contribution in [0.3, 0.4) is 0 Å². The van der Waals surface area contributed by atoms with E-state index in [9.17, 15) is 15.3 Å². The molecule has 2 aliphatic carbocycles. The summed E-state index contributed by atoms with van der Waals surface area (Å²) in [5.41, 5.74) is -1.23. The van der Waals surface area contributed by atoms with Crippen molar-refractivity contribution in [2.75, 3.05) is 7.11 Å². The van der Waals surface area contributed by atoms with Crippen LogP contribution in [0, 0.1) is 23.7 Å². The third-order valence-electron chi connectivity index (χ3n) is 6.28. The zero-order valence-corrected chi connectivity index (χ0v) is 15.3. The first kappa shape index (κ1) is 18.0. The van der Waals surface area contributed by atoms with Crippen LogP contribution in [0.4, 0.5) is 0 Å². The molecule has 2 aliphatic rings. The summed E-state index contributed by atoms with van der Waals surface area (Å²) in [6.45, 7) is 4.17. The normalized spacial score (nSPS) is 38.6. The van der Waals surface area contributed by atoms with Crippen LogP contribution >= 0.6 is 11.6 Å². The number of aliphatic hydroxyl groups is 2. The van der Waals surface area contributed by atoms with Crippen LogP contribution < -0.4 is 0 Å². The Balaban J connectivity index is 2.12. The highest BCUT2D eigenvalue weighted by atomic mass is 35.5. The topological polar surface area (TPSA) is 69.9 Å². The maximum atomic E-state index is 11.7. The first-order valence-corrected chi connectivity index (χ1v) is 9.09. The van der Waals surface area contributed by atoms with Gasteiger partial charge >= 0.3 is 0 Å². The standard InChI is InChI=1S/C19H27ClO4/c1-11-7-13-9-12(2)18(22,14(8-11)10-13)19(23,24-3)15-5-4-6-16(21)17(15)20/h4-6,11-14,21-23H,7-10H2,1-3H3. The number of hydrogen-bond acceptors (Lipinski definition) is 4. The van der Waals surface area contributed by atoms with E-state index in [1.54, 1.807) is 12.1 Å². The van der Waals surface area contributed by atoms with E-state index in [0.29, 0.717) is 11.8 Å². The lowest BCUT2D eigenvalue weighted by Crippen LogP contribution is -2.65. The molecule has 4 nitrogen and oxygen atoms in total. The van der Waals surface area contributed by atoms with Crippen molar-refractivity contribution < 1.29 is 20.1 Å². The average Bonchev–Trinajstić information content (AvgIpc) is 2.54. The summed E-state index contributed by atoms with van der Waals surface area (Å²) in [5, 5.41) is 33.2. The van der Waals surface area contributed by atoms with E-state index >= 15 is 0 Å². The molecule has 134 valence electrons. The van der Waals surface area contributed by atoms with Crippen molar-refractivity contribution in [1.82, 2.24) is 0 Å². The smallest absolute Gasteiger partial charge is 0.224 e. The zero-order valence-electron chi connectivity index (χ0n) is 14.5. The Morgan fingerprint density at radius 2 is 1.92 bits per heavy atom. The van der Waals surface area contributed by atoms with Gasteiger partial charge in [0.2, 0.25) is 5.79 Å². The van der Waals surface area contributed by atoms with Gasteiger partial charge in [-0.1, -0.05) is 37.6 Å². The van der Waals surface area contributed by atoms with Gasteiger partial charge in [0.15, 0.2) is 0 Å². The van der Waals surface area contributed by atoms with Gasteiger partial charge in [0.05, 0.1) is 5.02 Å². The van der Waals surface area contributed by atoms with Crippen LogP contribution in [0.5, 0.6) is 5.75 Å². The summed E-state index contributed by atoms with van der Waals surface area (Å²) in [4.78, 5) is 0. The van der Waals surface area contributed by atoms with Crippen LogP contribution in [0.25, 0.3) is 0 Å². The lowest BCUT2D eigenvalue weighted by Gasteiger charge is -2.57. The number of rotatable bonds is 3. The van der Waals surface area contributed by atoms with Gasteiger partial charge in [-0.3, -0.25) is 0 Å². The number of phenols is 1. The van der Waals surface area contributed by atoms with Gasteiger partial charge in [-0.2, -0.15) is 0 Å². The second kappa shape index (κ2) is 6.17. The molecular formula is C19H27ClO4. The van der Waals surface area contributed by atoms with Crippen LogP contribution in [0.1, 0.15) is 45.1 Å². The van der Waals surface area contributed by atoms with E-state index in [2.05, 4.69) is 6.92 Å². The summed E-state index contributed by atoms with van der Waals surface area (Å²) in [6.07, 6.45) is 3.75. The molecule has 0 radical (unpaired) electrons. The molecule has 5 heteroatoms. The van der Waals surface area contributed by atoms with Crippen molar-refractivity contribution >= 4 is 11.6 Å². The molecule has 0 heterocycles. The van der Waals surface area contributed by atoms with Crippen molar-refractivity contribution in [3.05, 3.63) is 28.8 Å². The fourth-order valence-corrected chi connectivity index (χ4v) is 5.52. The monoisotopic (exact) mass is 354 g/mol. The molecule has 0 amide bonds. The summed E-state index contributed by atoms with van der Waals surface area (Å²) >= 11 is 6.25. The van der Waals surface area contributed by atoms with Gasteiger partial charge < -0.3 is 20.1 Å². The average molecular weight is 355 g/mol. The number of hydrogen-bond donors (Lipinski definition) is 3. The van der Waals surface area contributed by atoms with Crippen molar-refractivity contribution in [1.29, 1.82) is 0 Å². The van der Waals surface area contributed by atoms with Crippen LogP contribution in [0.2, 0.25) is 5.02 Å². The number of aromatic hydroxyl groups is 1. The zero-order chi connectivity index (χ0) is 17.7. The van der Waals surface area contributed by atoms with Gasteiger partial charge in [0.25, 0.3) is 0 Å². The summed E-state index contributed by atoms with van der Waals surface area (Å²) in [7, 11) is 1.38. The highest BCUT2D eigenvalue weighted by molar-refractivity contribution is 6.32. The first-order chi connectivity index (χ1) is 11.2. The van der Waals surface area contributed by atoms with E-state index in [1.807, 2.05) is 6.92 Å². The third-order valence-corrected chi connectivity index (χ3v) is 6.68. The van der Waals surface area contributed by atoms with Gasteiger partial charge in [0, 0.05) is 12.7 Å². The lowest BCUT2D eigenvalue weighted by molar-refractivity contribution is -0.344. The van der Waals surface area contributed by atoms with Crippen LogP contribution in [0.15, 0.2) is 18.2 Å². The van der Waals surface area contributed by atoms with Gasteiger partial charge in [0.1, 0.15) is 11.4 Å². The molecule has 0 saturated heterocycles. The van der Waals surface area contributed by atoms with E-state index in [0.717, 1.165) is 19.3 Å². The predicted octanol–water partition coefficient (Wildman–Crippen LogP) is 3.66. The van der Waals surface area contributed by atoms with Crippen LogP contribution in [-0.4, -0.2) is 28.0 Å². The predicted molar refractivity (Wildman–Crippen MR) is 92.7 cm³/mol. The molecule has 2 saturated carbocycles. The highest BCUT2D eigenvalue weighted by Gasteiger charge is 2.62. The molecule has 3 N–H and O–H groups in total. The van der Waals surface area contributed by atoms with Crippen molar-refractivity contribution in [3.8, 4) is 5.75 Å². The molecule has 2 bridgehead atoms. The van der Waals surface area contributed by atoms with E-state index in [1.165, 1.54) is 19.6 Å². The molecule has 1 aromatic carbocycles. The molecule has 0 spiro atoms. The van der Waals surface area contributed by atoms with Crippen LogP contribution in [-0.2, 0) is 10.5 Å². The fraction of sp³-hybridized carbons (Fsp3) is 0.684. The second-order valence-electron chi connectivity index (χ2n) is 7.82. The minimum atomic E-state index is -1.96. The maximum Gasteiger partial charge on any atom is 0.224 e. The number of halogens is 1. The largest absolute Gasteiger partial charge is 0.506 e. The molecule has 0 aromatic heterocycles. The Labute approximate surface area is 148 Å². The second-order valence-corrected chi connectivity index (χ2v) is 8.20. The number of fused-ring (bicyclic) bond motifs is 2. The minimum absolute atomic E-state index is 0.0217. The Morgan fingerprint density at radius 1 is 1.21 bits per heavy atom. The summed E-state index contributed by atoms with van der Waals surface area (Å²) in [6, 6.07) is 4.66. The van der Waals surface area contributed by atoms with E-state index < -0.39 is 11.4 Å². The van der Waals surface area contributed by atoms with Gasteiger partial charge in [-0.25, -0.2) is 0 Å². The Morgan fingerprint density at radius 3 is 2.58 bits per heavy atom. The van der Waals surface area contributed by atoms with Crippen molar-refractivity contribution in [2.45, 2.75) is 50.9 Å². The maximum absolute atomic E-state index is 11.7. The Kier molecular flexibility index (Phi) is 4.63. The quantitative estimate of drug-likeness (QED) is 0.724. The number of benzene rings is 1. The molecule has 6 atom stereocenters. The van der Waals surface area contributed by atoms with Gasteiger partial charge in [-0.15, -0.1) is 0 Å². The molecule has 3 rings (SSSR count).